The summed E-state index contributed by atoms with van der Waals surface area (Å²) in [7, 11) is 0. The van der Waals surface area contributed by atoms with Crippen LogP contribution in [0.15, 0.2) is 0 Å². The molecule has 0 aromatic rings. The maximum absolute atomic E-state index is 12.2. The lowest BCUT2D eigenvalue weighted by atomic mass is 9.41. The SMILES string of the molecule is CC(=O)O[C@@H]1[C@@H](O[C@@H]2CC[C@@]34C[C@@]35CC[C@@]3(C)[C@H]([C@]6(C)CC[C@H](C(C)(C)O)O6)[C@H](O)C[C@]3(C)[C@H]5C[C@@H](O[C@H]3O[C@@H](CO)[C@H](O)[C@@H](O)[C@@H]3O)[C@@H]4C2(C)C)OC[C@H](O)[C@H]1O. The van der Waals surface area contributed by atoms with Crippen LogP contribution < -0.4 is 0 Å². The third-order valence-corrected chi connectivity index (χ3v) is 17.9. The number of esters is 1. The quantitative estimate of drug-likeness (QED) is 0.127. The third-order valence-electron chi connectivity index (χ3n) is 17.9. The van der Waals surface area contributed by atoms with Gasteiger partial charge in [0.15, 0.2) is 18.7 Å². The summed E-state index contributed by atoms with van der Waals surface area (Å²) in [5.41, 5.74) is -3.32. The first-order valence-corrected chi connectivity index (χ1v) is 21.8. The van der Waals surface area contributed by atoms with Crippen LogP contribution in [0.1, 0.15) is 113 Å². The van der Waals surface area contributed by atoms with Crippen LogP contribution in [0.3, 0.4) is 0 Å². The van der Waals surface area contributed by atoms with Gasteiger partial charge in [-0.1, -0.05) is 27.7 Å². The normalized spacial score (nSPS) is 56.1. The third kappa shape index (κ3) is 6.17. The van der Waals surface area contributed by atoms with Crippen LogP contribution in [0.5, 0.6) is 0 Å². The molecule has 0 aromatic heterocycles. The highest BCUT2D eigenvalue weighted by Gasteiger charge is 2.85. The molecule has 8 rings (SSSR count). The zero-order chi connectivity index (χ0) is 42.3. The van der Waals surface area contributed by atoms with Gasteiger partial charge in [-0.2, -0.15) is 0 Å². The predicted molar refractivity (Wildman–Crippen MR) is 203 cm³/mol. The molecule has 3 aliphatic heterocycles. The van der Waals surface area contributed by atoms with Crippen LogP contribution >= 0.6 is 0 Å². The van der Waals surface area contributed by atoms with Crippen LogP contribution in [0.2, 0.25) is 0 Å². The fraction of sp³-hybridized carbons (Fsp3) is 0.977. The summed E-state index contributed by atoms with van der Waals surface area (Å²) in [6, 6.07) is 0. The minimum Gasteiger partial charge on any atom is -0.454 e. The molecule has 3 saturated heterocycles. The van der Waals surface area contributed by atoms with E-state index in [1.165, 1.54) is 6.92 Å². The molecule has 5 aliphatic carbocycles. The summed E-state index contributed by atoms with van der Waals surface area (Å²) >= 11 is 0. The Hall–Kier alpha value is -1.05. The second-order valence-electron chi connectivity index (χ2n) is 21.6. The number of fused-ring (bicyclic) bond motifs is 2. The summed E-state index contributed by atoms with van der Waals surface area (Å²) in [5.74, 6) is -0.931. The Kier molecular flexibility index (Phi) is 10.7. The van der Waals surface area contributed by atoms with Crippen molar-refractivity contribution in [1.82, 2.24) is 0 Å². The molecule has 0 bridgehead atoms. The van der Waals surface area contributed by atoms with E-state index in [0.717, 1.165) is 32.1 Å². The zero-order valence-corrected chi connectivity index (χ0v) is 35.5. The molecule has 8 aliphatic rings. The molecule has 5 saturated carbocycles. The van der Waals surface area contributed by atoms with Gasteiger partial charge in [0.1, 0.15) is 36.6 Å². The highest BCUT2D eigenvalue weighted by molar-refractivity contribution is 5.66. The number of ether oxygens (including phenoxy) is 6. The lowest BCUT2D eigenvalue weighted by Crippen LogP contribution is -2.65. The van der Waals surface area contributed by atoms with Gasteiger partial charge in [-0.05, 0) is 117 Å². The van der Waals surface area contributed by atoms with Crippen molar-refractivity contribution in [2.45, 2.75) is 204 Å². The standard InChI is InChI=1S/C43H70O15/c1-20(45)54-32-28(48)22(47)18-53-36(32)57-26-10-12-43-19-42(43)14-13-39(6)33(41(8)11-9-27(58-41)38(4,5)52)21(46)16-40(39,7)25(42)15-23(34(43)37(26,2)3)55-35-31(51)30(50)29(49)24(17-44)56-35/h21-36,44,46-52H,9-19H2,1-8H3/t21-,22+,23-,24+,25-,26-,27-,28-,29+,30-,31+,32+,33-,34-,35+,36-,39+,40-,41+,42-,43+/m1/s1. The van der Waals surface area contributed by atoms with E-state index in [4.69, 9.17) is 28.4 Å². The molecule has 0 unspecified atom stereocenters. The van der Waals surface area contributed by atoms with Crippen LogP contribution in [-0.4, -0.2) is 151 Å². The van der Waals surface area contributed by atoms with Crippen molar-refractivity contribution >= 4 is 5.97 Å². The number of aliphatic hydroxyl groups excluding tert-OH is 7. The van der Waals surface area contributed by atoms with E-state index in [1.54, 1.807) is 13.8 Å². The van der Waals surface area contributed by atoms with E-state index in [1.807, 2.05) is 0 Å². The molecule has 0 aromatic carbocycles. The Morgan fingerprint density at radius 1 is 0.793 bits per heavy atom. The molecule has 15 nitrogen and oxygen atoms in total. The average Bonchev–Trinajstić information content (AvgIpc) is 3.50. The maximum atomic E-state index is 12.2. The minimum atomic E-state index is -1.62. The van der Waals surface area contributed by atoms with Crippen molar-refractivity contribution in [2.24, 2.45) is 44.8 Å². The van der Waals surface area contributed by atoms with Crippen LogP contribution in [0.25, 0.3) is 0 Å². The van der Waals surface area contributed by atoms with Gasteiger partial charge in [0.05, 0.1) is 48.8 Å². The molecule has 15 heteroatoms. The Balaban J connectivity index is 1.15. The highest BCUT2D eigenvalue weighted by Crippen LogP contribution is 2.89. The first-order chi connectivity index (χ1) is 26.9. The van der Waals surface area contributed by atoms with E-state index in [0.29, 0.717) is 25.7 Å². The van der Waals surface area contributed by atoms with E-state index < -0.39 is 103 Å². The van der Waals surface area contributed by atoms with Gasteiger partial charge >= 0.3 is 5.97 Å². The second-order valence-corrected chi connectivity index (χ2v) is 21.6. The molecule has 58 heavy (non-hydrogen) atoms. The van der Waals surface area contributed by atoms with Gasteiger partial charge in [-0.25, -0.2) is 0 Å². The number of hydrogen-bond acceptors (Lipinski definition) is 15. The first-order valence-electron chi connectivity index (χ1n) is 21.8. The van der Waals surface area contributed by atoms with E-state index >= 15 is 0 Å². The monoisotopic (exact) mass is 826 g/mol. The van der Waals surface area contributed by atoms with Crippen molar-refractivity contribution in [3.05, 3.63) is 0 Å². The van der Waals surface area contributed by atoms with Crippen molar-refractivity contribution in [2.75, 3.05) is 13.2 Å². The van der Waals surface area contributed by atoms with Crippen molar-refractivity contribution in [1.29, 1.82) is 0 Å². The van der Waals surface area contributed by atoms with Crippen LogP contribution in [-0.2, 0) is 33.2 Å². The molecular formula is C43H70O15. The molecule has 3 heterocycles. The number of aliphatic hydroxyl groups is 8. The fourth-order valence-corrected chi connectivity index (χ4v) is 15.2. The maximum Gasteiger partial charge on any atom is 0.303 e. The Morgan fingerprint density at radius 3 is 2.14 bits per heavy atom. The Labute approximate surface area is 341 Å². The zero-order valence-electron chi connectivity index (χ0n) is 35.5. The fourth-order valence-electron chi connectivity index (χ4n) is 15.2. The number of hydrogen-bond donors (Lipinski definition) is 8. The number of carbonyl (C=O) groups is 1. The largest absolute Gasteiger partial charge is 0.454 e. The summed E-state index contributed by atoms with van der Waals surface area (Å²) in [6.45, 7) is 15.0. The van der Waals surface area contributed by atoms with E-state index in [9.17, 15) is 45.6 Å². The van der Waals surface area contributed by atoms with Crippen LogP contribution in [0.4, 0.5) is 0 Å². The Bertz CT molecular complexity index is 1570. The summed E-state index contributed by atoms with van der Waals surface area (Å²) in [6.07, 6.45) is -7.66. The molecule has 0 radical (unpaired) electrons. The van der Waals surface area contributed by atoms with Gasteiger partial charge in [-0.15, -0.1) is 0 Å². The summed E-state index contributed by atoms with van der Waals surface area (Å²) in [4.78, 5) is 12.1. The van der Waals surface area contributed by atoms with Gasteiger partial charge in [0.2, 0.25) is 0 Å². The molecule has 8 N–H and O–H groups in total. The van der Waals surface area contributed by atoms with Gasteiger partial charge in [-0.3, -0.25) is 4.79 Å². The molecule has 2 spiro atoms. The van der Waals surface area contributed by atoms with E-state index in [-0.39, 0.29) is 52.1 Å². The number of carbonyl (C=O) groups excluding carboxylic acids is 1. The summed E-state index contributed by atoms with van der Waals surface area (Å²) in [5, 5.41) is 87.3. The van der Waals surface area contributed by atoms with Crippen LogP contribution in [0, 0.1) is 44.8 Å². The average molecular weight is 827 g/mol. The lowest BCUT2D eigenvalue weighted by molar-refractivity contribution is -0.339. The molecule has 332 valence electrons. The van der Waals surface area contributed by atoms with Gasteiger partial charge in [0.25, 0.3) is 0 Å². The molecule has 8 fully saturated rings. The summed E-state index contributed by atoms with van der Waals surface area (Å²) < 4.78 is 37.8. The second kappa shape index (κ2) is 14.2. The van der Waals surface area contributed by atoms with E-state index in [2.05, 4.69) is 34.6 Å². The smallest absolute Gasteiger partial charge is 0.303 e. The predicted octanol–water partition coefficient (Wildman–Crippen LogP) is 1.29. The molecule has 0 amide bonds. The topological polar surface area (TPSA) is 234 Å². The molecule has 21 atom stereocenters. The van der Waals surface area contributed by atoms with Crippen molar-refractivity contribution in [3.63, 3.8) is 0 Å². The van der Waals surface area contributed by atoms with Gasteiger partial charge in [0, 0.05) is 12.8 Å². The van der Waals surface area contributed by atoms with Crippen molar-refractivity contribution < 1.29 is 74.1 Å². The molecular weight excluding hydrogens is 756 g/mol. The Morgan fingerprint density at radius 2 is 1.50 bits per heavy atom. The highest BCUT2D eigenvalue weighted by atomic mass is 16.7. The van der Waals surface area contributed by atoms with Gasteiger partial charge < -0.3 is 69.3 Å². The lowest BCUT2D eigenvalue weighted by Gasteiger charge is -2.65. The number of rotatable bonds is 8. The minimum absolute atomic E-state index is 0.0829. The van der Waals surface area contributed by atoms with Crippen molar-refractivity contribution in [3.8, 4) is 0 Å². The first kappa shape index (κ1) is 43.6.